The SMILES string of the molecule is CC1=C\OCCO/C(C)=C/C=C\1. The lowest BCUT2D eigenvalue weighted by atomic mass is 10.3. The van der Waals surface area contributed by atoms with Crippen molar-refractivity contribution in [3.05, 3.63) is 35.8 Å². The van der Waals surface area contributed by atoms with Crippen molar-refractivity contribution in [1.82, 2.24) is 0 Å². The van der Waals surface area contributed by atoms with Crippen molar-refractivity contribution in [1.29, 1.82) is 0 Å². The van der Waals surface area contributed by atoms with E-state index in [-0.39, 0.29) is 0 Å². The molecule has 1 heterocycles. The van der Waals surface area contributed by atoms with Crippen molar-refractivity contribution < 1.29 is 9.47 Å². The highest BCUT2D eigenvalue weighted by Gasteiger charge is 1.91. The maximum atomic E-state index is 5.31. The van der Waals surface area contributed by atoms with Crippen LogP contribution in [0.15, 0.2) is 35.8 Å². The molecule has 0 aliphatic carbocycles. The highest BCUT2D eigenvalue weighted by atomic mass is 16.5. The van der Waals surface area contributed by atoms with E-state index in [2.05, 4.69) is 0 Å². The fraction of sp³-hybridized carbons (Fsp3) is 0.400. The summed E-state index contributed by atoms with van der Waals surface area (Å²) >= 11 is 0. The highest BCUT2D eigenvalue weighted by molar-refractivity contribution is 5.19. The summed E-state index contributed by atoms with van der Waals surface area (Å²) in [7, 11) is 0. The Morgan fingerprint density at radius 3 is 2.92 bits per heavy atom. The highest BCUT2D eigenvalue weighted by Crippen LogP contribution is 2.02. The Kier molecular flexibility index (Phi) is 3.45. The van der Waals surface area contributed by atoms with E-state index in [0.717, 1.165) is 11.3 Å². The number of rotatable bonds is 0. The van der Waals surface area contributed by atoms with Crippen LogP contribution < -0.4 is 0 Å². The average Bonchev–Trinajstić information content (AvgIpc) is 2.04. The van der Waals surface area contributed by atoms with Crippen LogP contribution >= 0.6 is 0 Å². The quantitative estimate of drug-likeness (QED) is 0.550. The molecule has 66 valence electrons. The Hall–Kier alpha value is -1.18. The van der Waals surface area contributed by atoms with E-state index in [4.69, 9.17) is 9.47 Å². The van der Waals surface area contributed by atoms with Crippen LogP contribution in [0.5, 0.6) is 0 Å². The van der Waals surface area contributed by atoms with Crippen molar-refractivity contribution in [2.24, 2.45) is 0 Å². The summed E-state index contributed by atoms with van der Waals surface area (Å²) < 4.78 is 10.5. The van der Waals surface area contributed by atoms with Crippen LogP contribution in [0.1, 0.15) is 13.8 Å². The third kappa shape index (κ3) is 3.28. The first-order chi connectivity index (χ1) is 5.79. The molecule has 0 saturated carbocycles. The van der Waals surface area contributed by atoms with Gasteiger partial charge >= 0.3 is 0 Å². The van der Waals surface area contributed by atoms with E-state index in [1.165, 1.54) is 0 Å². The molecule has 0 atom stereocenters. The second-order valence-corrected chi connectivity index (χ2v) is 2.72. The number of hydrogen-bond donors (Lipinski definition) is 0. The molecule has 0 unspecified atom stereocenters. The summed E-state index contributed by atoms with van der Waals surface area (Å²) in [5, 5.41) is 0. The third-order valence-electron chi connectivity index (χ3n) is 1.49. The zero-order chi connectivity index (χ0) is 8.81. The van der Waals surface area contributed by atoms with Crippen LogP contribution in [0.25, 0.3) is 0 Å². The van der Waals surface area contributed by atoms with Gasteiger partial charge in [-0.1, -0.05) is 12.2 Å². The van der Waals surface area contributed by atoms with Gasteiger partial charge in [0.05, 0.1) is 12.0 Å². The van der Waals surface area contributed by atoms with Crippen molar-refractivity contribution in [3.63, 3.8) is 0 Å². The molecule has 2 heteroatoms. The van der Waals surface area contributed by atoms with Crippen LogP contribution in [0, 0.1) is 0 Å². The maximum absolute atomic E-state index is 5.31. The van der Waals surface area contributed by atoms with Gasteiger partial charge in [0, 0.05) is 0 Å². The van der Waals surface area contributed by atoms with Gasteiger partial charge in [-0.05, 0) is 25.5 Å². The lowest BCUT2D eigenvalue weighted by molar-refractivity contribution is 0.132. The Bertz CT molecular complexity index is 224. The Balaban J connectivity index is 2.64. The minimum absolute atomic E-state index is 0.608. The van der Waals surface area contributed by atoms with Gasteiger partial charge in [0.2, 0.25) is 0 Å². The van der Waals surface area contributed by atoms with Crippen LogP contribution in [0.3, 0.4) is 0 Å². The molecule has 0 amide bonds. The van der Waals surface area contributed by atoms with Crippen molar-refractivity contribution >= 4 is 0 Å². The second kappa shape index (κ2) is 4.65. The molecule has 0 fully saturated rings. The van der Waals surface area contributed by atoms with Crippen LogP contribution in [0.2, 0.25) is 0 Å². The Labute approximate surface area is 73.2 Å². The Morgan fingerprint density at radius 2 is 2.08 bits per heavy atom. The first-order valence-corrected chi connectivity index (χ1v) is 4.05. The molecule has 0 N–H and O–H groups in total. The zero-order valence-electron chi connectivity index (χ0n) is 7.54. The summed E-state index contributed by atoms with van der Waals surface area (Å²) in [4.78, 5) is 0. The molecule has 1 aliphatic rings. The fourth-order valence-electron chi connectivity index (χ4n) is 0.864. The molecule has 0 radical (unpaired) electrons. The van der Waals surface area contributed by atoms with Gasteiger partial charge in [-0.3, -0.25) is 0 Å². The predicted molar refractivity (Wildman–Crippen MR) is 48.6 cm³/mol. The minimum atomic E-state index is 0.608. The van der Waals surface area contributed by atoms with E-state index in [9.17, 15) is 0 Å². The van der Waals surface area contributed by atoms with Gasteiger partial charge in [0.25, 0.3) is 0 Å². The molecule has 0 aromatic heterocycles. The lowest BCUT2D eigenvalue weighted by Crippen LogP contribution is -2.00. The van der Waals surface area contributed by atoms with E-state index in [1.807, 2.05) is 32.1 Å². The summed E-state index contributed by atoms with van der Waals surface area (Å²) in [6, 6.07) is 0. The second-order valence-electron chi connectivity index (χ2n) is 2.72. The lowest BCUT2D eigenvalue weighted by Gasteiger charge is -2.06. The molecule has 0 bridgehead atoms. The largest absolute Gasteiger partial charge is 0.497 e. The van der Waals surface area contributed by atoms with Gasteiger partial charge in [-0.2, -0.15) is 0 Å². The summed E-state index contributed by atoms with van der Waals surface area (Å²) in [6.45, 7) is 5.16. The third-order valence-corrected chi connectivity index (χ3v) is 1.49. The van der Waals surface area contributed by atoms with Crippen molar-refractivity contribution in [2.75, 3.05) is 13.2 Å². The molecule has 0 saturated heterocycles. The van der Waals surface area contributed by atoms with Gasteiger partial charge in [0.15, 0.2) is 0 Å². The standard InChI is InChI=1S/C10H14O2/c1-9-4-3-5-10(2)12-7-6-11-8-9/h3-5,8H,6-7H2,1-2H3/b4-3-,9-8+,10-5+. The topological polar surface area (TPSA) is 18.5 Å². The van der Waals surface area contributed by atoms with E-state index < -0.39 is 0 Å². The molecule has 1 aliphatic heterocycles. The molecular formula is C10H14O2. The molecular weight excluding hydrogens is 152 g/mol. The van der Waals surface area contributed by atoms with Gasteiger partial charge in [-0.25, -0.2) is 0 Å². The first kappa shape index (κ1) is 8.91. The summed E-state index contributed by atoms with van der Waals surface area (Å²) in [6.07, 6.45) is 7.63. The van der Waals surface area contributed by atoms with Crippen molar-refractivity contribution in [3.8, 4) is 0 Å². The molecule has 0 aromatic carbocycles. The average molecular weight is 166 g/mol. The van der Waals surface area contributed by atoms with Crippen LogP contribution in [-0.4, -0.2) is 13.2 Å². The monoisotopic (exact) mass is 166 g/mol. The predicted octanol–water partition coefficient (Wildman–Crippen LogP) is 2.40. The zero-order valence-corrected chi connectivity index (χ0v) is 7.54. The van der Waals surface area contributed by atoms with E-state index in [0.29, 0.717) is 13.2 Å². The smallest absolute Gasteiger partial charge is 0.122 e. The molecule has 12 heavy (non-hydrogen) atoms. The maximum Gasteiger partial charge on any atom is 0.122 e. The molecule has 1 rings (SSSR count). The van der Waals surface area contributed by atoms with Crippen LogP contribution in [-0.2, 0) is 9.47 Å². The van der Waals surface area contributed by atoms with E-state index >= 15 is 0 Å². The fourth-order valence-corrected chi connectivity index (χ4v) is 0.864. The summed E-state index contributed by atoms with van der Waals surface area (Å²) in [5.74, 6) is 0.921. The summed E-state index contributed by atoms with van der Waals surface area (Å²) in [5.41, 5.74) is 1.11. The molecule has 0 aromatic rings. The van der Waals surface area contributed by atoms with Crippen molar-refractivity contribution in [2.45, 2.75) is 13.8 Å². The number of hydrogen-bond acceptors (Lipinski definition) is 2. The van der Waals surface area contributed by atoms with Gasteiger partial charge in [0.1, 0.15) is 13.2 Å². The van der Waals surface area contributed by atoms with E-state index in [1.54, 1.807) is 6.26 Å². The normalized spacial score (nSPS) is 29.8. The first-order valence-electron chi connectivity index (χ1n) is 4.05. The van der Waals surface area contributed by atoms with Gasteiger partial charge < -0.3 is 9.47 Å². The Morgan fingerprint density at radius 1 is 1.25 bits per heavy atom. The molecule has 0 spiro atoms. The van der Waals surface area contributed by atoms with Crippen LogP contribution in [0.4, 0.5) is 0 Å². The number of ether oxygens (including phenoxy) is 2. The molecule has 2 nitrogen and oxygen atoms in total. The number of allylic oxidation sites excluding steroid dienone is 5. The minimum Gasteiger partial charge on any atom is -0.497 e. The van der Waals surface area contributed by atoms with Gasteiger partial charge in [-0.15, -0.1) is 0 Å².